The third kappa shape index (κ3) is 3.48. The van der Waals surface area contributed by atoms with Crippen LogP contribution in [0.2, 0.25) is 0 Å². The fourth-order valence-corrected chi connectivity index (χ4v) is 2.67. The lowest BCUT2D eigenvalue weighted by atomic mass is 10.3. The van der Waals surface area contributed by atoms with Gasteiger partial charge in [-0.05, 0) is 25.3 Å². The lowest BCUT2D eigenvalue weighted by Crippen LogP contribution is -2.21. The fourth-order valence-electron chi connectivity index (χ4n) is 1.38. The van der Waals surface area contributed by atoms with Gasteiger partial charge in [-0.15, -0.1) is 22.7 Å². The lowest BCUT2D eigenvalue weighted by Gasteiger charge is -1.99. The second-order valence-electron chi connectivity index (χ2n) is 3.74. The van der Waals surface area contributed by atoms with Gasteiger partial charge in [-0.3, -0.25) is 4.79 Å². The van der Waals surface area contributed by atoms with Crippen molar-refractivity contribution in [2.75, 3.05) is 0 Å². The van der Waals surface area contributed by atoms with Gasteiger partial charge in [0.25, 0.3) is 0 Å². The molecule has 94 valence electrons. The summed E-state index contributed by atoms with van der Waals surface area (Å²) in [7, 11) is 0. The van der Waals surface area contributed by atoms with E-state index in [-0.39, 0.29) is 12.3 Å². The van der Waals surface area contributed by atoms with E-state index in [4.69, 9.17) is 0 Å². The van der Waals surface area contributed by atoms with E-state index in [1.807, 2.05) is 36.7 Å². The molecule has 2 aromatic heterocycles. The number of carbonyl (C=O) groups excluding carboxylic acids is 1. The largest absolute Gasteiger partial charge is 0.273 e. The normalized spacial score (nSPS) is 11.6. The molecule has 0 aromatic carbocycles. The smallest absolute Gasteiger partial charge is 0.246 e. The van der Waals surface area contributed by atoms with Crippen LogP contribution >= 0.6 is 22.7 Å². The molecule has 2 rings (SSSR count). The van der Waals surface area contributed by atoms with Crippen LogP contribution in [-0.2, 0) is 11.2 Å². The van der Waals surface area contributed by atoms with E-state index in [0.717, 1.165) is 21.3 Å². The van der Waals surface area contributed by atoms with Gasteiger partial charge in [0.15, 0.2) is 0 Å². The maximum atomic E-state index is 11.6. The van der Waals surface area contributed by atoms with Gasteiger partial charge in [0.2, 0.25) is 5.91 Å². The Hall–Kier alpha value is -1.53. The molecule has 2 heterocycles. The molecule has 0 unspecified atom stereocenters. The lowest BCUT2D eigenvalue weighted by molar-refractivity contribution is -0.120. The van der Waals surface area contributed by atoms with Crippen LogP contribution in [0.15, 0.2) is 28.0 Å². The molecule has 6 heteroatoms. The first-order chi connectivity index (χ1) is 8.65. The summed E-state index contributed by atoms with van der Waals surface area (Å²) in [6.07, 6.45) is 0.269. The zero-order valence-corrected chi connectivity index (χ0v) is 11.8. The van der Waals surface area contributed by atoms with Crippen molar-refractivity contribution in [3.05, 3.63) is 38.5 Å². The average Bonchev–Trinajstić information content (AvgIpc) is 2.97. The Kier molecular flexibility index (Phi) is 4.22. The zero-order chi connectivity index (χ0) is 13.0. The van der Waals surface area contributed by atoms with E-state index in [0.29, 0.717) is 0 Å². The molecule has 0 bridgehead atoms. The maximum absolute atomic E-state index is 11.6. The average molecular weight is 279 g/mol. The molecule has 0 fully saturated rings. The molecular weight excluding hydrogens is 266 g/mol. The van der Waals surface area contributed by atoms with Gasteiger partial charge in [0, 0.05) is 10.3 Å². The minimum Gasteiger partial charge on any atom is -0.273 e. The molecule has 1 amide bonds. The van der Waals surface area contributed by atoms with Crippen molar-refractivity contribution in [2.45, 2.75) is 20.3 Å². The number of carbonyl (C=O) groups is 1. The highest BCUT2D eigenvalue weighted by molar-refractivity contribution is 7.12. The number of nitrogens with one attached hydrogen (secondary N) is 1. The maximum Gasteiger partial charge on any atom is 0.246 e. The Morgan fingerprint density at radius 3 is 2.94 bits per heavy atom. The van der Waals surface area contributed by atoms with Crippen molar-refractivity contribution in [1.29, 1.82) is 0 Å². The first kappa shape index (κ1) is 12.9. The second-order valence-corrected chi connectivity index (χ2v) is 5.75. The minimum absolute atomic E-state index is 0.142. The van der Waals surface area contributed by atoms with Gasteiger partial charge >= 0.3 is 0 Å². The van der Waals surface area contributed by atoms with E-state index in [1.54, 1.807) is 22.7 Å². The minimum atomic E-state index is -0.142. The molecule has 0 saturated carbocycles. The van der Waals surface area contributed by atoms with E-state index < -0.39 is 0 Å². The van der Waals surface area contributed by atoms with E-state index in [2.05, 4.69) is 15.5 Å². The summed E-state index contributed by atoms with van der Waals surface area (Å²) in [5.41, 5.74) is 4.15. The van der Waals surface area contributed by atoms with Crippen molar-refractivity contribution in [1.82, 2.24) is 10.4 Å². The summed E-state index contributed by atoms with van der Waals surface area (Å²) in [5.74, 6) is -0.142. The SMILES string of the molecule is C/C(=N/NC(=O)Cc1csc(C)n1)c1cccs1. The van der Waals surface area contributed by atoms with Crippen molar-refractivity contribution in [3.8, 4) is 0 Å². The van der Waals surface area contributed by atoms with E-state index >= 15 is 0 Å². The van der Waals surface area contributed by atoms with Crippen LogP contribution in [0.4, 0.5) is 0 Å². The summed E-state index contributed by atoms with van der Waals surface area (Å²) in [6.45, 7) is 3.80. The number of aromatic nitrogens is 1. The van der Waals surface area contributed by atoms with Gasteiger partial charge in [-0.2, -0.15) is 5.10 Å². The number of hydrogen-bond donors (Lipinski definition) is 1. The number of aryl methyl sites for hydroxylation is 1. The zero-order valence-electron chi connectivity index (χ0n) is 10.1. The Morgan fingerprint density at radius 2 is 2.33 bits per heavy atom. The molecule has 2 aromatic rings. The monoisotopic (exact) mass is 279 g/mol. The van der Waals surface area contributed by atoms with Gasteiger partial charge in [0.05, 0.1) is 22.8 Å². The Balaban J connectivity index is 1.90. The Bertz CT molecular complexity index is 558. The van der Waals surface area contributed by atoms with Crippen LogP contribution in [-0.4, -0.2) is 16.6 Å². The van der Waals surface area contributed by atoms with Crippen molar-refractivity contribution in [3.63, 3.8) is 0 Å². The number of rotatable bonds is 4. The van der Waals surface area contributed by atoms with Gasteiger partial charge in [0.1, 0.15) is 0 Å². The van der Waals surface area contributed by atoms with E-state index in [9.17, 15) is 4.79 Å². The van der Waals surface area contributed by atoms with Crippen LogP contribution in [0, 0.1) is 6.92 Å². The predicted octanol–water partition coefficient (Wildman–Crippen LogP) is 2.60. The van der Waals surface area contributed by atoms with Gasteiger partial charge in [-0.25, -0.2) is 10.4 Å². The molecule has 0 atom stereocenters. The molecule has 0 aliphatic rings. The number of amides is 1. The molecule has 0 radical (unpaired) electrons. The molecule has 0 aliphatic heterocycles. The first-order valence-electron chi connectivity index (χ1n) is 5.43. The Labute approximate surface area is 113 Å². The topological polar surface area (TPSA) is 54.4 Å². The predicted molar refractivity (Wildman–Crippen MR) is 75.2 cm³/mol. The third-order valence-corrected chi connectivity index (χ3v) is 4.04. The second kappa shape index (κ2) is 5.88. The highest BCUT2D eigenvalue weighted by atomic mass is 32.1. The number of hydrazone groups is 1. The number of thiophene rings is 1. The highest BCUT2D eigenvalue weighted by Crippen LogP contribution is 2.10. The van der Waals surface area contributed by atoms with Gasteiger partial charge < -0.3 is 0 Å². The molecular formula is C12H13N3OS2. The summed E-state index contributed by atoms with van der Waals surface area (Å²) < 4.78 is 0. The van der Waals surface area contributed by atoms with Crippen molar-refractivity contribution >= 4 is 34.3 Å². The van der Waals surface area contributed by atoms with Crippen LogP contribution in [0.3, 0.4) is 0 Å². The number of nitrogens with zero attached hydrogens (tertiary/aromatic N) is 2. The number of thiazole rings is 1. The first-order valence-corrected chi connectivity index (χ1v) is 7.19. The van der Waals surface area contributed by atoms with Crippen molar-refractivity contribution < 1.29 is 4.79 Å². The molecule has 4 nitrogen and oxygen atoms in total. The molecule has 1 N–H and O–H groups in total. The summed E-state index contributed by atoms with van der Waals surface area (Å²) in [6, 6.07) is 3.93. The quantitative estimate of drug-likeness (QED) is 0.691. The summed E-state index contributed by atoms with van der Waals surface area (Å²) in [4.78, 5) is 16.9. The van der Waals surface area contributed by atoms with Crippen LogP contribution < -0.4 is 5.43 Å². The summed E-state index contributed by atoms with van der Waals surface area (Å²) >= 11 is 3.14. The third-order valence-electron chi connectivity index (χ3n) is 2.23. The molecule has 0 spiro atoms. The Morgan fingerprint density at radius 1 is 1.50 bits per heavy atom. The van der Waals surface area contributed by atoms with Crippen LogP contribution in [0.5, 0.6) is 0 Å². The van der Waals surface area contributed by atoms with E-state index in [1.165, 1.54) is 0 Å². The van der Waals surface area contributed by atoms with Gasteiger partial charge in [-0.1, -0.05) is 6.07 Å². The van der Waals surface area contributed by atoms with Crippen LogP contribution in [0.25, 0.3) is 0 Å². The van der Waals surface area contributed by atoms with Crippen LogP contribution in [0.1, 0.15) is 22.5 Å². The molecule has 0 aliphatic carbocycles. The van der Waals surface area contributed by atoms with Crippen molar-refractivity contribution in [2.24, 2.45) is 5.10 Å². The number of hydrogen-bond acceptors (Lipinski definition) is 5. The summed E-state index contributed by atoms with van der Waals surface area (Å²) in [5, 5.41) is 8.92. The molecule has 0 saturated heterocycles. The molecule has 18 heavy (non-hydrogen) atoms. The fraction of sp³-hybridized carbons (Fsp3) is 0.250. The standard InChI is InChI=1S/C12H13N3OS2/c1-8(11-4-3-5-17-11)14-15-12(16)6-10-7-18-9(2)13-10/h3-5,7H,6H2,1-2H3,(H,15,16)/b14-8-. The highest BCUT2D eigenvalue weighted by Gasteiger charge is 2.06.